The van der Waals surface area contributed by atoms with Crippen LogP contribution in [0.15, 0.2) is 48.9 Å². The van der Waals surface area contributed by atoms with E-state index in [1.165, 1.54) is 12.1 Å². The zero-order chi connectivity index (χ0) is 18.3. The van der Waals surface area contributed by atoms with Gasteiger partial charge in [0.05, 0.1) is 23.4 Å². The Morgan fingerprint density at radius 1 is 1.27 bits per heavy atom. The number of aromatic nitrogens is 4. The number of nitrogens with one attached hydrogen (secondary N) is 1. The average molecular weight is 353 g/mol. The van der Waals surface area contributed by atoms with Crippen LogP contribution in [0.5, 0.6) is 11.5 Å². The summed E-state index contributed by atoms with van der Waals surface area (Å²) >= 11 is 0. The molecule has 0 bridgehead atoms. The number of aromatic amines is 1. The van der Waals surface area contributed by atoms with Crippen molar-refractivity contribution < 1.29 is 14.1 Å². The molecule has 0 fully saturated rings. The second-order valence-electron chi connectivity index (χ2n) is 5.64. The van der Waals surface area contributed by atoms with E-state index in [-0.39, 0.29) is 11.4 Å². The SMILES string of the molecule is Cc1[nH]ncc1-c1cc(Oc2ccc([N+](=O)[O-])cc2F)c2ccnn2c1. The van der Waals surface area contributed by atoms with E-state index in [0.717, 1.165) is 22.9 Å². The van der Waals surface area contributed by atoms with E-state index in [2.05, 4.69) is 15.3 Å². The molecule has 4 aromatic rings. The van der Waals surface area contributed by atoms with Crippen LogP contribution < -0.4 is 4.74 Å². The fourth-order valence-corrected chi connectivity index (χ4v) is 2.67. The molecule has 0 atom stereocenters. The first kappa shape index (κ1) is 15.8. The van der Waals surface area contributed by atoms with Crippen molar-refractivity contribution in [3.63, 3.8) is 0 Å². The summed E-state index contributed by atoms with van der Waals surface area (Å²) in [5.74, 6) is -0.560. The first-order valence-corrected chi connectivity index (χ1v) is 7.62. The molecule has 130 valence electrons. The number of benzene rings is 1. The van der Waals surface area contributed by atoms with Crippen LogP contribution in [0.4, 0.5) is 10.1 Å². The number of H-pyrrole nitrogens is 1. The van der Waals surface area contributed by atoms with Gasteiger partial charge >= 0.3 is 0 Å². The first-order chi connectivity index (χ1) is 12.5. The summed E-state index contributed by atoms with van der Waals surface area (Å²) in [6, 6.07) is 6.72. The summed E-state index contributed by atoms with van der Waals surface area (Å²) in [4.78, 5) is 10.1. The molecule has 0 saturated heterocycles. The Morgan fingerprint density at radius 3 is 2.81 bits per heavy atom. The number of non-ortho nitro benzene ring substituents is 1. The van der Waals surface area contributed by atoms with Crippen LogP contribution in [-0.2, 0) is 0 Å². The van der Waals surface area contributed by atoms with Crippen molar-refractivity contribution in [3.05, 3.63) is 70.5 Å². The quantitative estimate of drug-likeness (QED) is 0.443. The molecule has 0 radical (unpaired) electrons. The number of halogens is 1. The lowest BCUT2D eigenvalue weighted by Crippen LogP contribution is -1.96. The van der Waals surface area contributed by atoms with Gasteiger partial charge < -0.3 is 4.74 Å². The Hall–Kier alpha value is -3.75. The molecule has 0 saturated carbocycles. The van der Waals surface area contributed by atoms with Gasteiger partial charge in [-0.3, -0.25) is 15.2 Å². The van der Waals surface area contributed by atoms with Crippen LogP contribution >= 0.6 is 0 Å². The van der Waals surface area contributed by atoms with Crippen molar-refractivity contribution in [2.75, 3.05) is 0 Å². The van der Waals surface area contributed by atoms with Gasteiger partial charge in [0.1, 0.15) is 5.52 Å². The van der Waals surface area contributed by atoms with E-state index < -0.39 is 10.7 Å². The monoisotopic (exact) mass is 353 g/mol. The zero-order valence-electron chi connectivity index (χ0n) is 13.5. The molecule has 0 unspecified atom stereocenters. The summed E-state index contributed by atoms with van der Waals surface area (Å²) < 4.78 is 21.5. The maximum Gasteiger partial charge on any atom is 0.272 e. The second-order valence-corrected chi connectivity index (χ2v) is 5.64. The lowest BCUT2D eigenvalue weighted by Gasteiger charge is -2.10. The van der Waals surface area contributed by atoms with Gasteiger partial charge in [-0.05, 0) is 25.1 Å². The predicted molar refractivity (Wildman–Crippen MR) is 90.6 cm³/mol. The molecule has 0 spiro atoms. The van der Waals surface area contributed by atoms with E-state index in [4.69, 9.17) is 4.74 Å². The fraction of sp³-hybridized carbons (Fsp3) is 0.0588. The molecule has 9 heteroatoms. The van der Waals surface area contributed by atoms with Crippen LogP contribution in [-0.4, -0.2) is 24.7 Å². The number of fused-ring (bicyclic) bond motifs is 1. The average Bonchev–Trinajstić information content (AvgIpc) is 3.24. The number of rotatable bonds is 4. The van der Waals surface area contributed by atoms with Gasteiger partial charge in [0.25, 0.3) is 5.69 Å². The topological polar surface area (TPSA) is 98.3 Å². The molecule has 0 aliphatic carbocycles. The number of aryl methyl sites for hydroxylation is 1. The normalized spacial score (nSPS) is 11.0. The van der Waals surface area contributed by atoms with Crippen LogP contribution in [0.1, 0.15) is 5.69 Å². The number of hydrogen-bond donors (Lipinski definition) is 1. The number of ether oxygens (including phenoxy) is 1. The van der Waals surface area contributed by atoms with Gasteiger partial charge in [0.15, 0.2) is 17.3 Å². The molecule has 8 nitrogen and oxygen atoms in total. The van der Waals surface area contributed by atoms with Crippen LogP contribution in [0.25, 0.3) is 16.6 Å². The first-order valence-electron chi connectivity index (χ1n) is 7.62. The summed E-state index contributed by atoms with van der Waals surface area (Å²) in [6.07, 6.45) is 5.09. The van der Waals surface area contributed by atoms with Gasteiger partial charge in [0, 0.05) is 29.1 Å². The van der Waals surface area contributed by atoms with Crippen molar-refractivity contribution in [1.82, 2.24) is 19.8 Å². The highest BCUT2D eigenvalue weighted by atomic mass is 19.1. The minimum absolute atomic E-state index is 0.111. The van der Waals surface area contributed by atoms with Crippen LogP contribution in [0, 0.1) is 22.9 Å². The van der Waals surface area contributed by atoms with E-state index >= 15 is 0 Å². The summed E-state index contributed by atoms with van der Waals surface area (Å²) in [7, 11) is 0. The fourth-order valence-electron chi connectivity index (χ4n) is 2.67. The summed E-state index contributed by atoms with van der Waals surface area (Å²) in [5.41, 5.74) is 2.80. The highest BCUT2D eigenvalue weighted by Gasteiger charge is 2.15. The second kappa shape index (κ2) is 5.96. The number of nitrogens with zero attached hydrogens (tertiary/aromatic N) is 4. The van der Waals surface area contributed by atoms with Crippen molar-refractivity contribution >= 4 is 11.2 Å². The van der Waals surface area contributed by atoms with Crippen molar-refractivity contribution in [2.45, 2.75) is 6.92 Å². The highest BCUT2D eigenvalue weighted by molar-refractivity contribution is 5.72. The Bertz CT molecular complexity index is 1130. The van der Waals surface area contributed by atoms with Crippen molar-refractivity contribution in [1.29, 1.82) is 0 Å². The van der Waals surface area contributed by atoms with Crippen LogP contribution in [0.2, 0.25) is 0 Å². The number of pyridine rings is 1. The Labute approximate surface area is 146 Å². The van der Waals surface area contributed by atoms with Crippen molar-refractivity contribution in [3.8, 4) is 22.6 Å². The number of nitro groups is 1. The van der Waals surface area contributed by atoms with Crippen molar-refractivity contribution in [2.24, 2.45) is 0 Å². The lowest BCUT2D eigenvalue weighted by atomic mass is 10.1. The van der Waals surface area contributed by atoms with Gasteiger partial charge in [-0.25, -0.2) is 8.91 Å². The van der Waals surface area contributed by atoms with E-state index in [0.29, 0.717) is 11.3 Å². The van der Waals surface area contributed by atoms with Gasteiger partial charge in [0.2, 0.25) is 0 Å². The molecule has 26 heavy (non-hydrogen) atoms. The maximum absolute atomic E-state index is 14.2. The van der Waals surface area contributed by atoms with E-state index in [1.54, 1.807) is 29.0 Å². The third-order valence-corrected chi connectivity index (χ3v) is 3.96. The molecule has 0 aliphatic rings. The maximum atomic E-state index is 14.2. The molecule has 3 heterocycles. The lowest BCUT2D eigenvalue weighted by molar-refractivity contribution is -0.385. The Balaban J connectivity index is 1.80. The minimum atomic E-state index is -0.818. The Kier molecular flexibility index (Phi) is 3.61. The van der Waals surface area contributed by atoms with E-state index in [1.807, 2.05) is 13.1 Å². The minimum Gasteiger partial charge on any atom is -0.452 e. The van der Waals surface area contributed by atoms with Gasteiger partial charge in [-0.15, -0.1) is 0 Å². The summed E-state index contributed by atoms with van der Waals surface area (Å²) in [5, 5.41) is 21.8. The molecule has 0 aliphatic heterocycles. The molecular formula is C17H12FN5O3. The smallest absolute Gasteiger partial charge is 0.272 e. The standard InChI is InChI=1S/C17H12FN5O3/c1-10-13(8-19-21-10)11-6-17(15-4-5-20-22(15)9-11)26-16-3-2-12(23(24)25)7-14(16)18/h2-9H,1H3,(H,19,21). The molecule has 3 aromatic heterocycles. The van der Waals surface area contributed by atoms with Gasteiger partial charge in [-0.1, -0.05) is 0 Å². The van der Waals surface area contributed by atoms with Gasteiger partial charge in [-0.2, -0.15) is 10.2 Å². The number of nitro benzene ring substituents is 1. The highest BCUT2D eigenvalue weighted by Crippen LogP contribution is 2.33. The summed E-state index contributed by atoms with van der Waals surface area (Å²) in [6.45, 7) is 1.88. The Morgan fingerprint density at radius 2 is 2.12 bits per heavy atom. The largest absolute Gasteiger partial charge is 0.452 e. The third-order valence-electron chi connectivity index (χ3n) is 3.96. The zero-order valence-corrected chi connectivity index (χ0v) is 13.5. The van der Waals surface area contributed by atoms with Crippen LogP contribution in [0.3, 0.4) is 0 Å². The third kappa shape index (κ3) is 2.65. The molecule has 4 rings (SSSR count). The molecular weight excluding hydrogens is 341 g/mol. The number of hydrogen-bond acceptors (Lipinski definition) is 5. The molecule has 1 aromatic carbocycles. The molecule has 0 amide bonds. The van der Waals surface area contributed by atoms with E-state index in [9.17, 15) is 14.5 Å². The predicted octanol–water partition coefficient (Wildman–Crippen LogP) is 3.87. The molecule has 1 N–H and O–H groups in total.